The Bertz CT molecular complexity index is 1940. The van der Waals surface area contributed by atoms with Crippen molar-refractivity contribution in [1.29, 1.82) is 0 Å². The molecule has 5 rings (SSSR count). The van der Waals surface area contributed by atoms with Gasteiger partial charge in [-0.1, -0.05) is 36.0 Å². The van der Waals surface area contributed by atoms with E-state index in [0.29, 0.717) is 11.8 Å². The average molecular weight is 535 g/mol. The molecule has 0 aliphatic heterocycles. The van der Waals surface area contributed by atoms with Crippen molar-refractivity contribution >= 4 is 28.7 Å². The normalized spacial score (nSPS) is 47.9. The van der Waals surface area contributed by atoms with E-state index in [9.17, 15) is 19.7 Å². The van der Waals surface area contributed by atoms with Gasteiger partial charge in [0.15, 0.2) is 22.1 Å². The second-order valence-corrected chi connectivity index (χ2v) is 8.28. The van der Waals surface area contributed by atoms with Gasteiger partial charge in [-0.15, -0.1) is 5.10 Å². The van der Waals surface area contributed by atoms with E-state index in [4.69, 9.17) is 26.7 Å². The van der Waals surface area contributed by atoms with Crippen LogP contribution in [0, 0.1) is 12.7 Å². The molecule has 6 atom stereocenters. The molecule has 0 spiro atoms. The van der Waals surface area contributed by atoms with Gasteiger partial charge in [-0.25, -0.2) is 19.0 Å². The minimum absolute atomic E-state index is 0.0433. The third-order valence-electron chi connectivity index (χ3n) is 4.98. The maximum Gasteiger partial charge on any atom is 0.191 e. The number of ether oxygens (including phenoxy) is 1. The van der Waals surface area contributed by atoms with E-state index in [-0.39, 0.29) is 16.7 Å². The Morgan fingerprint density at radius 1 is 1.36 bits per heavy atom. The summed E-state index contributed by atoms with van der Waals surface area (Å²) in [6, 6.07) is -8.84. The molecule has 2 aliphatic carbocycles. The number of hydrogen-bond acceptors (Lipinski definition) is 10. The highest BCUT2D eigenvalue weighted by Gasteiger charge is 2.45. The maximum atomic E-state index is 14.9. The van der Waals surface area contributed by atoms with Crippen molar-refractivity contribution in [3.8, 4) is 0 Å². The van der Waals surface area contributed by atoms with Crippen molar-refractivity contribution in [2.75, 3.05) is 24.2 Å². The number of aliphatic hydroxyl groups is 3. The summed E-state index contributed by atoms with van der Waals surface area (Å²) in [6.07, 6.45) is -19.1. The smallest absolute Gasteiger partial charge is 0.191 e. The molecular formula is C24H31FN6O4S. The molecule has 2 aliphatic rings. The third-order valence-corrected chi connectivity index (χ3v) is 5.78. The van der Waals surface area contributed by atoms with Crippen molar-refractivity contribution < 1.29 is 46.4 Å². The summed E-state index contributed by atoms with van der Waals surface area (Å²) in [6.45, 7) is -2.29. The second kappa shape index (κ2) is 10.5. The summed E-state index contributed by atoms with van der Waals surface area (Å²) in [4.78, 5) is 8.16. The number of benzene rings is 1. The van der Waals surface area contributed by atoms with Crippen molar-refractivity contribution in [3.05, 3.63) is 35.1 Å². The van der Waals surface area contributed by atoms with E-state index in [2.05, 4.69) is 25.6 Å². The lowest BCUT2D eigenvalue weighted by Gasteiger charge is -2.17. The van der Waals surface area contributed by atoms with Crippen LogP contribution in [0.15, 0.2) is 23.3 Å². The molecule has 4 N–H and O–H groups in total. The molecule has 12 heteroatoms. The van der Waals surface area contributed by atoms with Gasteiger partial charge >= 0.3 is 0 Å². The summed E-state index contributed by atoms with van der Waals surface area (Å²) in [5, 5.41) is 40.9. The number of fused-ring (bicyclic) bond motifs is 1. The summed E-state index contributed by atoms with van der Waals surface area (Å²) >= 11 is 0.323. The van der Waals surface area contributed by atoms with E-state index >= 15 is 0 Å². The molecule has 3 aromatic rings. The minimum atomic E-state index is -4.17. The van der Waals surface area contributed by atoms with Crippen molar-refractivity contribution in [2.24, 2.45) is 0 Å². The maximum absolute atomic E-state index is 14.9. The van der Waals surface area contributed by atoms with Gasteiger partial charge in [0, 0.05) is 32.2 Å². The number of aromatic nitrogens is 5. The van der Waals surface area contributed by atoms with Crippen LogP contribution >= 0.6 is 11.8 Å². The van der Waals surface area contributed by atoms with Crippen LogP contribution < -0.4 is 5.32 Å². The Kier molecular flexibility index (Phi) is 3.64. The van der Waals surface area contributed by atoms with Gasteiger partial charge in [0.2, 0.25) is 0 Å². The van der Waals surface area contributed by atoms with Crippen LogP contribution in [-0.4, -0.2) is 83.4 Å². The molecule has 0 radical (unpaired) electrons. The first-order chi connectivity index (χ1) is 23.3. The Morgan fingerprint density at radius 2 is 2.19 bits per heavy atom. The Hall–Kier alpha value is -2.38. The van der Waals surface area contributed by atoms with Crippen molar-refractivity contribution in [1.82, 2.24) is 25.0 Å². The van der Waals surface area contributed by atoms with Gasteiger partial charge in [-0.3, -0.25) is 0 Å². The zero-order valence-electron chi connectivity index (χ0n) is 34.8. The molecule has 2 fully saturated rings. The van der Waals surface area contributed by atoms with Crippen LogP contribution in [0.25, 0.3) is 11.2 Å². The van der Waals surface area contributed by atoms with Gasteiger partial charge in [0.1, 0.15) is 18.0 Å². The van der Waals surface area contributed by atoms with Gasteiger partial charge < -0.3 is 25.4 Å². The van der Waals surface area contributed by atoms with Crippen molar-refractivity contribution in [2.45, 2.75) is 74.4 Å². The average Bonchev–Trinajstić information content (AvgIpc) is 3.27. The molecule has 0 unspecified atom stereocenters. The summed E-state index contributed by atoms with van der Waals surface area (Å²) in [7, 11) is 0. The zero-order chi connectivity index (χ0) is 39.8. The lowest BCUT2D eigenvalue weighted by molar-refractivity contribution is -0.0629. The molecule has 36 heavy (non-hydrogen) atoms. The fourth-order valence-electron chi connectivity index (χ4n) is 3.19. The first-order valence-electron chi connectivity index (χ1n) is 18.5. The third kappa shape index (κ3) is 4.92. The predicted molar refractivity (Wildman–Crippen MR) is 133 cm³/mol. The molecule has 1 aromatic carbocycles. The lowest BCUT2D eigenvalue weighted by atomic mass is 10.1. The summed E-state index contributed by atoms with van der Waals surface area (Å²) < 4.78 is 153. The zero-order valence-corrected chi connectivity index (χ0v) is 19.6. The first kappa shape index (κ1) is 12.4. The fourth-order valence-corrected chi connectivity index (χ4v) is 3.73. The number of anilines is 1. The van der Waals surface area contributed by atoms with Crippen LogP contribution in [-0.2, 0) is 4.74 Å². The number of rotatable bonds is 10. The molecule has 10 nitrogen and oxygen atoms in total. The topological polar surface area (TPSA) is 138 Å². The molecule has 194 valence electrons. The SMILES string of the molecule is [2H]c1c([2H])c([C@@H]2C([2H])([2H])[C@@]2([2H])Nc2nc(SC([2H])([2H])CC)nc3c2nnn3[C@]2([2H])C([2H])([2H])[C@]([2H])(OCC([2H])([2H])O)[C@@]([2H])(O)[C@@]2([2H])O)c([2H])c(F)c1C. The van der Waals surface area contributed by atoms with Crippen LogP contribution in [0.3, 0.4) is 0 Å². The highest BCUT2D eigenvalue weighted by Crippen LogP contribution is 2.44. The molecule has 2 aromatic heterocycles. The fraction of sp³-hybridized carbons (Fsp3) is 0.583. The molecule has 2 heterocycles. The number of nitrogens with one attached hydrogen (secondary N) is 1. The quantitative estimate of drug-likeness (QED) is 0.226. The lowest BCUT2D eigenvalue weighted by Crippen LogP contribution is -2.33. The monoisotopic (exact) mass is 534 g/mol. The predicted octanol–water partition coefficient (Wildman–Crippen LogP) is 2.18. The number of hydrogen-bond donors (Lipinski definition) is 4. The standard InChI is InChI=1S/C24H31FN6O4S/c1-3-8-36-24-27-22(26-16-10-14(16)13-5-4-12(2)15(25)9-13)19-23(28-24)31(30-29-19)17-11-18(35-7-6-32)21(34)20(17)33/h4-5,9,14,16-18,20-21,32-34H,3,6-8,10-11H2,1-2H3,(H,26,27,28)/t14-,16+,17+,18-,20-,21+/m0/s1/i4D,5D,6D2,8D2,9D,10D2,11D2,16D,17D,18D,20D,21D. The van der Waals surface area contributed by atoms with Gasteiger partial charge in [0.05, 0.1) is 39.0 Å². The largest absolute Gasteiger partial charge is 0.394 e. The number of nitrogens with zero attached hydrogens (tertiary/aromatic N) is 5. The van der Waals surface area contributed by atoms with Gasteiger partial charge in [-0.05, 0) is 36.9 Å². The van der Waals surface area contributed by atoms with E-state index < -0.39 is 119 Å². The second-order valence-electron chi connectivity index (χ2n) is 7.42. The number of halogens is 1. The van der Waals surface area contributed by atoms with E-state index in [0.717, 1.165) is 6.92 Å². The Labute approximate surface area is 234 Å². The molecule has 0 amide bonds. The summed E-state index contributed by atoms with van der Waals surface area (Å²) in [5.74, 6) is -3.71. The van der Waals surface area contributed by atoms with Crippen LogP contribution in [0.2, 0.25) is 0 Å². The first-order valence-corrected chi connectivity index (χ1v) is 11.3. The van der Waals surface area contributed by atoms with Gasteiger partial charge in [0.25, 0.3) is 0 Å². The van der Waals surface area contributed by atoms with E-state index in [1.807, 2.05) is 0 Å². The van der Waals surface area contributed by atoms with Gasteiger partial charge in [-0.2, -0.15) is 0 Å². The van der Waals surface area contributed by atoms with Crippen LogP contribution in [0.1, 0.15) is 71.1 Å². The van der Waals surface area contributed by atoms with Crippen LogP contribution in [0.4, 0.5) is 10.2 Å². The summed E-state index contributed by atoms with van der Waals surface area (Å²) in [5.41, 5.74) is -4.68. The van der Waals surface area contributed by atoms with Crippen LogP contribution in [0.5, 0.6) is 0 Å². The molecule has 0 saturated heterocycles. The molecule has 0 bridgehead atoms. The highest BCUT2D eigenvalue weighted by molar-refractivity contribution is 7.99. The molecular weight excluding hydrogens is 487 g/mol. The minimum Gasteiger partial charge on any atom is -0.394 e. The van der Waals surface area contributed by atoms with E-state index in [1.165, 1.54) is 6.92 Å². The molecule has 2 saturated carbocycles. The Morgan fingerprint density at radius 3 is 2.97 bits per heavy atom. The number of thioether (sulfide) groups is 1. The van der Waals surface area contributed by atoms with Crippen molar-refractivity contribution in [3.63, 3.8) is 0 Å². The van der Waals surface area contributed by atoms with E-state index in [1.54, 1.807) is 0 Å². The highest BCUT2D eigenvalue weighted by atomic mass is 32.2. The Balaban J connectivity index is 1.74.